The predicted molar refractivity (Wildman–Crippen MR) is 416 cm³/mol. The van der Waals surface area contributed by atoms with Gasteiger partial charge in [-0.3, -0.25) is 33.6 Å². The number of carbonyl (C=O) groups is 8. The van der Waals surface area contributed by atoms with Crippen LogP contribution in [0, 0.1) is 17.8 Å². The summed E-state index contributed by atoms with van der Waals surface area (Å²) in [5.74, 6) is -9.85. The minimum atomic E-state index is -2.37. The molecule has 7 aromatic rings. The minimum absolute atomic E-state index is 0.105. The number of carbonyl (C=O) groups excluding carboxylic acids is 7. The van der Waals surface area contributed by atoms with Gasteiger partial charge in [-0.1, -0.05) is 90.8 Å². The summed E-state index contributed by atoms with van der Waals surface area (Å²) in [7, 11) is 1.47. The van der Waals surface area contributed by atoms with Gasteiger partial charge in [-0.05, 0) is 152 Å². The number of phenolic OH excluding ortho intramolecular Hbond substituents is 3. The van der Waals surface area contributed by atoms with Gasteiger partial charge >= 0.3 is 5.97 Å². The smallest absolute Gasteiger partial charge is 0.330 e. The topological polar surface area (TPSA) is 517 Å². The van der Waals surface area contributed by atoms with E-state index in [0.717, 1.165) is 59.7 Å². The first kappa shape index (κ1) is 85.5. The zero-order valence-electron chi connectivity index (χ0n) is 63.0. The number of carboxylic acid groups (broad SMARTS) is 1. The van der Waals surface area contributed by atoms with Crippen LogP contribution in [0.4, 0.5) is 0 Å². The second-order valence-corrected chi connectivity index (χ2v) is 30.7. The Balaban J connectivity index is 1.05. The number of aliphatic hydroxyl groups excluding tert-OH is 6. The number of nitrogens with one attached hydrogen (secondary N) is 8. The highest BCUT2D eigenvalue weighted by molar-refractivity contribution is 6.32. The molecular formula is C81H84Cl3N9O24. The number of aromatic hydroxyl groups is 3. The zero-order valence-corrected chi connectivity index (χ0v) is 65.2. The molecule has 2 saturated heterocycles. The molecule has 2 fully saturated rings. The number of primary amides is 1. The standard InChI is InChI=1S/C81H84Cl3N9O24/c1-34(2)22-49(86-5)73(104)92-64-66(99)40-15-20-53(47(83)24-40)113-55-26-42-27-56(71(55)117-80-69(102)68(101)67(100)57(33-94)115-80)114-54-21-16-41(25-48(54)84)70(116-59-31-81(4,72(103)35(3)112-59)87-32-38-10-8-36(9-11-38)6-7-37-12-17-43(82)18-13-37)65-78(109)91-63(79(110)111)46-28-44(95)29-52(97)60(46)45-23-39(14-19-51(45)96)61(75(106)93-65)90-76(107)62(42)89-74(105)50(30-58(85)98)88-77(64)108/h8-21,23-29,34-35,49-50,57,59,61-70,72,80,86-87,94-97,99-103H,22,30-33H2,1-5H3,(H2,85,98)(H,88,108)(H,89,105)(H,90,107)(H,91,109)(H,92,104)(H,93,106)(H,110,111)/t35-,49+,50-,57+,59-,61+,62+,63-,64+,65-,66+,67+,68-,69+,70+,72-,80-,81-/m0/s1. The molecule has 14 rings (SSSR count). The van der Waals surface area contributed by atoms with E-state index in [4.69, 9.17) is 69.0 Å². The Bertz CT molecular complexity index is 5050. The number of phenols is 3. The van der Waals surface area contributed by atoms with Crippen molar-refractivity contribution in [2.24, 2.45) is 11.7 Å². The molecular weight excluding hydrogens is 1590 g/mol. The third-order valence-corrected chi connectivity index (χ3v) is 21.4. The second kappa shape index (κ2) is 35.9. The average molecular weight is 1670 g/mol. The third kappa shape index (κ3) is 19.1. The summed E-state index contributed by atoms with van der Waals surface area (Å²) in [5.41, 5.74) is 3.85. The van der Waals surface area contributed by atoms with E-state index >= 15 is 19.2 Å². The Hall–Kier alpha value is -10.9. The molecule has 0 spiro atoms. The van der Waals surface area contributed by atoms with E-state index in [2.05, 4.69) is 54.4 Å². The lowest BCUT2D eigenvalue weighted by molar-refractivity contribution is -0.277. The van der Waals surface area contributed by atoms with Crippen LogP contribution in [0.25, 0.3) is 11.1 Å². The Labute approximate surface area is 683 Å². The van der Waals surface area contributed by atoms with Gasteiger partial charge in [-0.15, -0.1) is 0 Å². The molecule has 36 heteroatoms. The molecule has 7 heterocycles. The van der Waals surface area contributed by atoms with E-state index < -0.39 is 237 Å². The molecule has 0 unspecified atom stereocenters. The maximum Gasteiger partial charge on any atom is 0.330 e. The van der Waals surface area contributed by atoms with Crippen LogP contribution in [0.1, 0.15) is 122 Å². The van der Waals surface area contributed by atoms with Crippen molar-refractivity contribution < 1.29 is 118 Å². The summed E-state index contributed by atoms with van der Waals surface area (Å²) in [5, 5.41) is 136. The Morgan fingerprint density at radius 3 is 1.89 bits per heavy atom. The quantitative estimate of drug-likeness (QED) is 0.0608. The highest BCUT2D eigenvalue weighted by atomic mass is 35.5. The average Bonchev–Trinajstić information content (AvgIpc) is 0.762. The fourth-order valence-corrected chi connectivity index (χ4v) is 14.9. The maximum absolute atomic E-state index is 16.4. The number of fused-ring (bicyclic) bond motifs is 15. The van der Waals surface area contributed by atoms with Gasteiger partial charge in [0.2, 0.25) is 53.4 Å². The largest absolute Gasteiger partial charge is 0.508 e. The Morgan fingerprint density at radius 2 is 1.27 bits per heavy atom. The number of hydrogen-bond acceptors (Lipinski definition) is 25. The Kier molecular flexibility index (Phi) is 26.2. The van der Waals surface area contributed by atoms with E-state index in [9.17, 15) is 70.2 Å². The number of likely N-dealkylation sites (N-methyl/N-ethyl adjacent to an activating group) is 1. The van der Waals surface area contributed by atoms with Gasteiger partial charge in [-0.2, -0.15) is 0 Å². The van der Waals surface area contributed by atoms with Crippen molar-refractivity contribution in [1.29, 1.82) is 0 Å². The molecule has 117 heavy (non-hydrogen) atoms. The van der Waals surface area contributed by atoms with E-state index in [0.29, 0.717) is 10.6 Å². The van der Waals surface area contributed by atoms with Crippen molar-refractivity contribution in [1.82, 2.24) is 42.5 Å². The van der Waals surface area contributed by atoms with Crippen molar-refractivity contribution in [3.8, 4) is 69.0 Å². The zero-order chi connectivity index (χ0) is 84.3. The van der Waals surface area contributed by atoms with E-state index in [-0.39, 0.29) is 52.8 Å². The molecule has 7 amide bonds. The number of benzene rings is 7. The van der Waals surface area contributed by atoms with Gasteiger partial charge in [0.15, 0.2) is 23.8 Å². The number of halogens is 3. The van der Waals surface area contributed by atoms with Gasteiger partial charge in [-0.25, -0.2) is 4.79 Å². The van der Waals surface area contributed by atoms with E-state index in [1.54, 1.807) is 43.3 Å². The lowest BCUT2D eigenvalue weighted by atomic mass is 9.84. The number of ether oxygens (including phenoxy) is 6. The number of rotatable bonds is 16. The second-order valence-electron chi connectivity index (χ2n) is 29.4. The number of nitrogens with two attached hydrogens (primary N) is 1. The van der Waals surface area contributed by atoms with Crippen LogP contribution in [0.2, 0.25) is 15.1 Å². The molecule has 0 aliphatic carbocycles. The fourth-order valence-electron chi connectivity index (χ4n) is 14.3. The SMILES string of the molecule is CN[C@H](CC(C)C)C(=O)N[C@H]1C(=O)N[C@@H](CC(N)=O)C(=O)N[C@H]2C(=O)N[C@H]3C(=O)N[C@H](C(=O)N[C@H](C(=O)O)c4cc(O)cc(O)c4-c4cc3ccc4O)[C@H](O[C@H]3C[C@](C)(NCc4ccc(C#Cc5ccc(Cl)cc5)cc4)[C@@H](O)[C@H](C)O3)c3ccc(c(Cl)c3)Oc3cc2cc(c3O[C@@H]2O[C@H](CO)[C@@H](O)[C@H](O)[C@H]2O)Oc2ccc(cc2Cl)[C@H]1O. The molecule has 7 aliphatic heterocycles. The molecule has 0 saturated carbocycles. The van der Waals surface area contributed by atoms with Crippen LogP contribution in [0.5, 0.6) is 46.0 Å². The van der Waals surface area contributed by atoms with Crippen molar-refractivity contribution in [3.05, 3.63) is 187 Å². The number of aliphatic hydroxyl groups is 6. The number of amides is 7. The summed E-state index contributed by atoms with van der Waals surface area (Å²) >= 11 is 20.5. The van der Waals surface area contributed by atoms with Crippen LogP contribution in [0.3, 0.4) is 0 Å². The lowest BCUT2D eigenvalue weighted by Crippen LogP contribution is -2.63. The van der Waals surface area contributed by atoms with Crippen LogP contribution >= 0.6 is 34.8 Å². The summed E-state index contributed by atoms with van der Waals surface area (Å²) < 4.78 is 38.9. The van der Waals surface area contributed by atoms with Crippen LogP contribution < -0.4 is 62.5 Å². The monoisotopic (exact) mass is 1670 g/mol. The lowest BCUT2D eigenvalue weighted by Gasteiger charge is -2.47. The van der Waals surface area contributed by atoms with Crippen molar-refractivity contribution in [2.45, 2.75) is 163 Å². The summed E-state index contributed by atoms with van der Waals surface area (Å²) in [6, 6.07) is 13.9. The fraction of sp³-hybridized carbons (Fsp3) is 0.358. The summed E-state index contributed by atoms with van der Waals surface area (Å²) in [6.45, 7) is 5.99. The highest BCUT2D eigenvalue weighted by Gasteiger charge is 2.50. The molecule has 7 aliphatic rings. The van der Waals surface area contributed by atoms with Gasteiger partial charge in [0.25, 0.3) is 0 Å². The number of hydrogen-bond donors (Lipinski definition) is 19. The number of aliphatic carboxylic acids is 1. The van der Waals surface area contributed by atoms with Crippen LogP contribution in [-0.4, -0.2) is 191 Å². The first-order valence-electron chi connectivity index (χ1n) is 36.9. The summed E-state index contributed by atoms with van der Waals surface area (Å²) in [6.07, 6.45) is -19.1. The summed E-state index contributed by atoms with van der Waals surface area (Å²) in [4.78, 5) is 120. The van der Waals surface area contributed by atoms with Crippen LogP contribution in [0.15, 0.2) is 127 Å². The molecule has 7 aromatic carbocycles. The molecule has 0 aromatic heterocycles. The highest BCUT2D eigenvalue weighted by Crippen LogP contribution is 2.50. The van der Waals surface area contributed by atoms with Gasteiger partial charge in [0.05, 0.1) is 41.3 Å². The van der Waals surface area contributed by atoms with Crippen molar-refractivity contribution >= 4 is 82.1 Å². The maximum atomic E-state index is 16.4. The molecule has 33 nitrogen and oxygen atoms in total. The molecule has 20 N–H and O–H groups in total. The first-order valence-corrected chi connectivity index (χ1v) is 38.0. The van der Waals surface area contributed by atoms with Crippen LogP contribution in [-0.2, 0) is 59.1 Å². The predicted octanol–water partition coefficient (Wildman–Crippen LogP) is 3.99. The van der Waals surface area contributed by atoms with Gasteiger partial charge in [0.1, 0.15) is 95.6 Å². The molecule has 11 bridgehead atoms. The van der Waals surface area contributed by atoms with Gasteiger partial charge < -0.3 is 128 Å². The van der Waals surface area contributed by atoms with E-state index in [1.807, 2.05) is 26.0 Å². The molecule has 18 atom stereocenters. The van der Waals surface area contributed by atoms with Crippen molar-refractivity contribution in [3.63, 3.8) is 0 Å². The molecule has 618 valence electrons. The molecule has 0 radical (unpaired) electrons. The Morgan fingerprint density at radius 1 is 0.667 bits per heavy atom. The minimum Gasteiger partial charge on any atom is -0.508 e. The third-order valence-electron chi connectivity index (χ3n) is 20.6. The van der Waals surface area contributed by atoms with Crippen molar-refractivity contribution in [2.75, 3.05) is 13.7 Å². The first-order chi connectivity index (χ1) is 55.6. The van der Waals surface area contributed by atoms with E-state index in [1.165, 1.54) is 44.3 Å². The normalized spacial score (nSPS) is 26.8. The number of carboxylic acids is 1. The van der Waals surface area contributed by atoms with Gasteiger partial charge in [0, 0.05) is 57.4 Å².